The zero-order valence-electron chi connectivity index (χ0n) is 23.4. The van der Waals surface area contributed by atoms with Crippen LogP contribution in [-0.4, -0.2) is 4.98 Å². The molecule has 0 aliphatic heterocycles. The zero-order valence-corrected chi connectivity index (χ0v) is 23.4. The van der Waals surface area contributed by atoms with Crippen LogP contribution < -0.4 is 4.74 Å². The Bertz CT molecular complexity index is 2190. The summed E-state index contributed by atoms with van der Waals surface area (Å²) in [7, 11) is 0. The highest BCUT2D eigenvalue weighted by Gasteiger charge is 2.19. The van der Waals surface area contributed by atoms with Crippen molar-refractivity contribution in [2.24, 2.45) is 0 Å². The third-order valence-corrected chi connectivity index (χ3v) is 8.22. The summed E-state index contributed by atoms with van der Waals surface area (Å²) in [6.07, 6.45) is 3.82. The molecule has 0 atom stereocenters. The lowest BCUT2D eigenvalue weighted by Gasteiger charge is -2.19. The zero-order chi connectivity index (χ0) is 28.6. The van der Waals surface area contributed by atoms with Crippen LogP contribution in [0, 0.1) is 0 Å². The van der Waals surface area contributed by atoms with Gasteiger partial charge in [0.2, 0.25) is 0 Å². The van der Waals surface area contributed by atoms with E-state index in [-0.39, 0.29) is 0 Å². The quantitative estimate of drug-likeness (QED) is 0.199. The molecule has 0 aliphatic carbocycles. The molecule has 8 aromatic rings. The van der Waals surface area contributed by atoms with Crippen LogP contribution in [0.1, 0.15) is 0 Å². The van der Waals surface area contributed by atoms with Crippen molar-refractivity contribution >= 4 is 32.3 Å². The highest BCUT2D eigenvalue weighted by Crippen LogP contribution is 2.46. The molecule has 1 aromatic heterocycles. The van der Waals surface area contributed by atoms with Crippen LogP contribution in [-0.2, 0) is 0 Å². The minimum atomic E-state index is 0.791. The van der Waals surface area contributed by atoms with Gasteiger partial charge in [-0.15, -0.1) is 0 Å². The van der Waals surface area contributed by atoms with Crippen molar-refractivity contribution in [3.8, 4) is 44.9 Å². The van der Waals surface area contributed by atoms with Gasteiger partial charge in [0.1, 0.15) is 11.5 Å². The lowest BCUT2D eigenvalue weighted by Crippen LogP contribution is -1.94. The largest absolute Gasteiger partial charge is 0.456 e. The van der Waals surface area contributed by atoms with Gasteiger partial charge in [-0.2, -0.15) is 0 Å². The summed E-state index contributed by atoms with van der Waals surface area (Å²) < 4.78 is 6.91. The summed E-state index contributed by atoms with van der Waals surface area (Å²) in [5, 5.41) is 6.74. The maximum Gasteiger partial charge on any atom is 0.143 e. The maximum atomic E-state index is 6.91. The molecule has 1 heterocycles. The molecule has 0 fully saturated rings. The van der Waals surface area contributed by atoms with E-state index in [2.05, 4.69) is 157 Å². The molecule has 0 spiro atoms. The summed E-state index contributed by atoms with van der Waals surface area (Å²) in [6, 6.07) is 53.2. The molecule has 202 valence electrons. The van der Waals surface area contributed by atoms with E-state index in [4.69, 9.17) is 4.74 Å². The average molecular weight is 550 g/mol. The Hall–Kier alpha value is -5.73. The van der Waals surface area contributed by atoms with Crippen LogP contribution in [0.4, 0.5) is 0 Å². The Kier molecular flexibility index (Phi) is 6.16. The summed E-state index contributed by atoms with van der Waals surface area (Å²) in [4.78, 5) is 4.58. The first kappa shape index (κ1) is 25.0. The minimum Gasteiger partial charge on any atom is -0.456 e. The lowest BCUT2D eigenvalue weighted by molar-refractivity contribution is 0.494. The predicted molar refractivity (Wildman–Crippen MR) is 180 cm³/mol. The molecule has 0 bridgehead atoms. The van der Waals surface area contributed by atoms with Gasteiger partial charge in [0.05, 0.1) is 0 Å². The van der Waals surface area contributed by atoms with Crippen LogP contribution in [0.15, 0.2) is 164 Å². The van der Waals surface area contributed by atoms with Gasteiger partial charge in [0, 0.05) is 28.6 Å². The van der Waals surface area contributed by atoms with Gasteiger partial charge in [0.15, 0.2) is 0 Å². The molecular formula is C41H27NO. The average Bonchev–Trinajstić information content (AvgIpc) is 3.09. The van der Waals surface area contributed by atoms with Crippen molar-refractivity contribution in [2.45, 2.75) is 0 Å². The minimum absolute atomic E-state index is 0.791. The molecule has 0 saturated carbocycles. The first-order valence-corrected chi connectivity index (χ1v) is 14.5. The van der Waals surface area contributed by atoms with Gasteiger partial charge in [-0.05, 0) is 67.7 Å². The SMILES string of the molecule is c1ccc(-c2ccc(Oc3c4ccccc4c(-c4cccc5ccccc45)c4cnccc34)cc2-c2ccccc2)cc1. The maximum absolute atomic E-state index is 6.91. The van der Waals surface area contributed by atoms with Crippen molar-refractivity contribution < 1.29 is 4.74 Å². The molecule has 43 heavy (non-hydrogen) atoms. The smallest absolute Gasteiger partial charge is 0.143 e. The van der Waals surface area contributed by atoms with Gasteiger partial charge in [-0.1, -0.05) is 133 Å². The van der Waals surface area contributed by atoms with Crippen molar-refractivity contribution in [1.82, 2.24) is 4.98 Å². The Balaban J connectivity index is 1.35. The first-order valence-electron chi connectivity index (χ1n) is 14.5. The van der Waals surface area contributed by atoms with Crippen LogP contribution in [0.2, 0.25) is 0 Å². The monoisotopic (exact) mass is 549 g/mol. The number of pyridine rings is 1. The van der Waals surface area contributed by atoms with E-state index < -0.39 is 0 Å². The molecular weight excluding hydrogens is 522 g/mol. The van der Waals surface area contributed by atoms with E-state index in [9.17, 15) is 0 Å². The number of fused-ring (bicyclic) bond motifs is 3. The number of rotatable bonds is 5. The van der Waals surface area contributed by atoms with Crippen LogP contribution in [0.25, 0.3) is 65.7 Å². The first-order chi connectivity index (χ1) is 21.3. The Morgan fingerprint density at radius 1 is 0.419 bits per heavy atom. The molecule has 2 heteroatoms. The normalized spacial score (nSPS) is 11.3. The van der Waals surface area contributed by atoms with Crippen LogP contribution in [0.5, 0.6) is 11.5 Å². The second-order valence-corrected chi connectivity index (χ2v) is 10.7. The fourth-order valence-corrected chi connectivity index (χ4v) is 6.26. The number of nitrogens with zero attached hydrogens (tertiary/aromatic N) is 1. The summed E-state index contributed by atoms with van der Waals surface area (Å²) >= 11 is 0. The van der Waals surface area contributed by atoms with E-state index in [0.29, 0.717) is 0 Å². The molecule has 8 rings (SSSR count). The Labute approximate surface area is 250 Å². The highest BCUT2D eigenvalue weighted by molar-refractivity contribution is 6.19. The molecule has 0 aliphatic rings. The van der Waals surface area contributed by atoms with E-state index >= 15 is 0 Å². The molecule has 0 radical (unpaired) electrons. The summed E-state index contributed by atoms with van der Waals surface area (Å²) in [5.74, 6) is 1.63. The number of ether oxygens (including phenoxy) is 1. The van der Waals surface area contributed by atoms with E-state index in [1.54, 1.807) is 0 Å². The van der Waals surface area contributed by atoms with Crippen molar-refractivity contribution in [2.75, 3.05) is 0 Å². The highest BCUT2D eigenvalue weighted by atomic mass is 16.5. The molecule has 0 unspecified atom stereocenters. The predicted octanol–water partition coefficient (Wildman–Crippen LogP) is 11.3. The van der Waals surface area contributed by atoms with E-state index in [1.165, 1.54) is 33.0 Å². The van der Waals surface area contributed by atoms with Gasteiger partial charge < -0.3 is 4.74 Å². The third kappa shape index (κ3) is 4.41. The number of benzene rings is 7. The molecule has 7 aromatic carbocycles. The van der Waals surface area contributed by atoms with Gasteiger partial charge >= 0.3 is 0 Å². The van der Waals surface area contributed by atoms with Crippen molar-refractivity contribution in [3.05, 3.63) is 164 Å². The van der Waals surface area contributed by atoms with Crippen LogP contribution in [0.3, 0.4) is 0 Å². The standard InChI is InChI=1S/C41H27NO/c1-3-12-28(13-4-1)33-23-22-31(26-38(33)30-14-5-2-6-15-30)43-41-36-20-10-9-19-35(36)40(39-27-42-25-24-37(39)41)34-21-11-17-29-16-7-8-18-32(29)34/h1-27H. The molecule has 0 N–H and O–H groups in total. The molecule has 0 saturated heterocycles. The Morgan fingerprint density at radius 2 is 1.05 bits per heavy atom. The van der Waals surface area contributed by atoms with Gasteiger partial charge in [-0.25, -0.2) is 0 Å². The second kappa shape index (κ2) is 10.6. The Morgan fingerprint density at radius 3 is 1.84 bits per heavy atom. The van der Waals surface area contributed by atoms with Crippen molar-refractivity contribution in [1.29, 1.82) is 0 Å². The van der Waals surface area contributed by atoms with Gasteiger partial charge in [0.25, 0.3) is 0 Å². The number of hydrogen-bond acceptors (Lipinski definition) is 2. The number of hydrogen-bond donors (Lipinski definition) is 0. The van der Waals surface area contributed by atoms with E-state index in [0.717, 1.165) is 44.2 Å². The molecule has 2 nitrogen and oxygen atoms in total. The van der Waals surface area contributed by atoms with Crippen molar-refractivity contribution in [3.63, 3.8) is 0 Å². The van der Waals surface area contributed by atoms with Gasteiger partial charge in [-0.3, -0.25) is 4.98 Å². The summed E-state index contributed by atoms with van der Waals surface area (Å²) in [6.45, 7) is 0. The molecule has 0 amide bonds. The van der Waals surface area contributed by atoms with E-state index in [1.807, 2.05) is 12.4 Å². The lowest BCUT2D eigenvalue weighted by atomic mass is 9.89. The fourth-order valence-electron chi connectivity index (χ4n) is 6.26. The number of aromatic nitrogens is 1. The fraction of sp³-hybridized carbons (Fsp3) is 0. The second-order valence-electron chi connectivity index (χ2n) is 10.7. The third-order valence-electron chi connectivity index (χ3n) is 8.22. The topological polar surface area (TPSA) is 22.1 Å². The van der Waals surface area contributed by atoms with Crippen LogP contribution >= 0.6 is 0 Å². The summed E-state index contributed by atoms with van der Waals surface area (Å²) in [5.41, 5.74) is 6.99.